The first-order chi connectivity index (χ1) is 18.9. The second kappa shape index (κ2) is 10.6. The normalized spacial score (nSPS) is 22.6. The summed E-state index contributed by atoms with van der Waals surface area (Å²) >= 11 is 5.72. The fourth-order valence-electron chi connectivity index (χ4n) is 5.65. The van der Waals surface area contributed by atoms with E-state index in [1.165, 1.54) is 21.2 Å². The van der Waals surface area contributed by atoms with Crippen molar-refractivity contribution in [3.8, 4) is 5.75 Å². The lowest BCUT2D eigenvalue weighted by atomic mass is 9.83. The number of fused-ring (bicyclic) bond motifs is 2. The van der Waals surface area contributed by atoms with Crippen LogP contribution in [0.4, 0.5) is 5.69 Å². The van der Waals surface area contributed by atoms with E-state index < -0.39 is 17.1 Å². The Morgan fingerprint density at radius 3 is 2.33 bits per heavy atom. The minimum atomic E-state index is -0.717. The SMILES string of the molecule is COc1ccc([C@@H]2c3sc(=O)n(CC(=O)N4CCCCC4)c3SC3C(=O)N(c4ccc(Br)cc4)C(=O)C32)cc1. The average Bonchev–Trinajstić information content (AvgIpc) is 3.40. The molecule has 11 heteroatoms. The fraction of sp³-hybridized carbons (Fsp3) is 0.357. The third kappa shape index (κ3) is 4.64. The van der Waals surface area contributed by atoms with E-state index >= 15 is 0 Å². The predicted octanol–water partition coefficient (Wildman–Crippen LogP) is 4.49. The number of piperidine rings is 1. The molecule has 2 aromatic carbocycles. The molecule has 3 aliphatic heterocycles. The highest BCUT2D eigenvalue weighted by Gasteiger charge is 2.56. The molecule has 2 unspecified atom stereocenters. The number of thiazole rings is 1. The van der Waals surface area contributed by atoms with Gasteiger partial charge in [0.1, 0.15) is 17.5 Å². The molecule has 8 nitrogen and oxygen atoms in total. The van der Waals surface area contributed by atoms with Crippen LogP contribution in [0.2, 0.25) is 0 Å². The quantitative estimate of drug-likeness (QED) is 0.387. The Labute approximate surface area is 242 Å². The van der Waals surface area contributed by atoms with Crippen LogP contribution in [-0.4, -0.2) is 52.6 Å². The van der Waals surface area contributed by atoms with Crippen LogP contribution in [0.15, 0.2) is 62.8 Å². The van der Waals surface area contributed by atoms with Crippen molar-refractivity contribution in [2.24, 2.45) is 5.92 Å². The Kier molecular flexibility index (Phi) is 7.15. The van der Waals surface area contributed by atoms with Gasteiger partial charge in [-0.05, 0) is 61.2 Å². The van der Waals surface area contributed by atoms with Crippen LogP contribution in [0, 0.1) is 5.92 Å². The van der Waals surface area contributed by atoms with Gasteiger partial charge >= 0.3 is 4.87 Å². The first-order valence-corrected chi connectivity index (χ1v) is 15.3. The molecule has 1 aromatic heterocycles. The molecule has 0 N–H and O–H groups in total. The van der Waals surface area contributed by atoms with E-state index in [1.807, 2.05) is 29.2 Å². The molecule has 4 heterocycles. The maximum atomic E-state index is 13.9. The molecule has 0 aliphatic carbocycles. The highest BCUT2D eigenvalue weighted by atomic mass is 79.9. The summed E-state index contributed by atoms with van der Waals surface area (Å²) in [5, 5.41) is -0.109. The highest BCUT2D eigenvalue weighted by molar-refractivity contribution is 9.10. The second-order valence-electron chi connectivity index (χ2n) is 9.87. The van der Waals surface area contributed by atoms with Crippen molar-refractivity contribution < 1.29 is 19.1 Å². The van der Waals surface area contributed by atoms with Crippen molar-refractivity contribution >= 4 is 62.4 Å². The van der Waals surface area contributed by atoms with Crippen molar-refractivity contribution in [3.05, 3.63) is 73.1 Å². The van der Waals surface area contributed by atoms with Gasteiger partial charge in [0.25, 0.3) is 0 Å². The number of hydrogen-bond acceptors (Lipinski definition) is 7. The molecular weight excluding hydrogens is 602 g/mol. The summed E-state index contributed by atoms with van der Waals surface area (Å²) in [7, 11) is 1.58. The monoisotopic (exact) mass is 627 g/mol. The van der Waals surface area contributed by atoms with Gasteiger partial charge in [0.15, 0.2) is 0 Å². The summed E-state index contributed by atoms with van der Waals surface area (Å²) in [6.45, 7) is 1.33. The molecule has 0 spiro atoms. The number of hydrogen-bond donors (Lipinski definition) is 0. The molecule has 2 fully saturated rings. The minimum absolute atomic E-state index is 0.0665. The molecule has 3 atom stereocenters. The maximum Gasteiger partial charge on any atom is 0.308 e. The number of methoxy groups -OCH3 is 1. The van der Waals surface area contributed by atoms with E-state index in [1.54, 1.807) is 31.4 Å². The number of amides is 3. The summed E-state index contributed by atoms with van der Waals surface area (Å²) in [4.78, 5) is 57.7. The van der Waals surface area contributed by atoms with Gasteiger partial charge in [-0.3, -0.25) is 23.7 Å². The summed E-state index contributed by atoms with van der Waals surface area (Å²) in [5.41, 5.74) is 1.33. The smallest absolute Gasteiger partial charge is 0.308 e. The molecule has 3 amide bonds. The molecule has 2 saturated heterocycles. The van der Waals surface area contributed by atoms with Crippen molar-refractivity contribution in [1.29, 1.82) is 0 Å². The van der Waals surface area contributed by atoms with Crippen molar-refractivity contribution in [2.45, 2.75) is 42.0 Å². The standard InChI is InChI=1S/C28H26BrN3O5S2/c1-37-19-11-5-16(6-12-19)21-22-23(26(35)32(25(22)34)18-9-7-17(29)8-10-18)38-27-24(21)39-28(36)31(27)15-20(33)30-13-3-2-4-14-30/h5-12,21-23H,2-4,13-15H2,1H3/t21-,22?,23?/m0/s1. The van der Waals surface area contributed by atoms with Crippen LogP contribution >= 0.6 is 39.0 Å². The number of halogens is 1. The lowest BCUT2D eigenvalue weighted by molar-refractivity contribution is -0.133. The van der Waals surface area contributed by atoms with Gasteiger partial charge in [-0.25, -0.2) is 4.90 Å². The number of imide groups is 1. The summed E-state index contributed by atoms with van der Waals surface area (Å²) < 4.78 is 7.68. The lowest BCUT2D eigenvalue weighted by Gasteiger charge is -2.31. The third-order valence-electron chi connectivity index (χ3n) is 7.61. The van der Waals surface area contributed by atoms with Crippen LogP contribution in [0.3, 0.4) is 0 Å². The Morgan fingerprint density at radius 2 is 1.67 bits per heavy atom. The number of carbonyl (C=O) groups is 3. The largest absolute Gasteiger partial charge is 0.497 e. The number of carbonyl (C=O) groups excluding carboxylic acids is 3. The molecule has 6 rings (SSSR count). The molecule has 39 heavy (non-hydrogen) atoms. The predicted molar refractivity (Wildman–Crippen MR) is 154 cm³/mol. The summed E-state index contributed by atoms with van der Waals surface area (Å²) in [6.07, 6.45) is 3.02. The van der Waals surface area contributed by atoms with E-state index in [0.29, 0.717) is 29.6 Å². The average molecular weight is 629 g/mol. The van der Waals surface area contributed by atoms with Gasteiger partial charge in [0, 0.05) is 28.4 Å². The summed E-state index contributed by atoms with van der Waals surface area (Å²) in [5.74, 6) is -1.21. The van der Waals surface area contributed by atoms with Crippen molar-refractivity contribution in [3.63, 3.8) is 0 Å². The molecule has 202 valence electrons. The molecule has 0 radical (unpaired) electrons. The highest BCUT2D eigenvalue weighted by Crippen LogP contribution is 2.54. The van der Waals surface area contributed by atoms with Gasteiger partial charge in [-0.2, -0.15) is 0 Å². The topological polar surface area (TPSA) is 88.9 Å². The molecular formula is C28H26BrN3O5S2. The van der Waals surface area contributed by atoms with Crippen molar-refractivity contribution in [1.82, 2.24) is 9.47 Å². The number of rotatable bonds is 5. The van der Waals surface area contributed by atoms with Gasteiger partial charge in [0.2, 0.25) is 17.7 Å². The minimum Gasteiger partial charge on any atom is -0.497 e. The zero-order valence-electron chi connectivity index (χ0n) is 21.2. The molecule has 3 aromatic rings. The molecule has 0 bridgehead atoms. The number of nitrogens with zero attached hydrogens (tertiary/aromatic N) is 3. The third-order valence-corrected chi connectivity index (χ3v) is 10.7. The first-order valence-electron chi connectivity index (χ1n) is 12.8. The number of anilines is 1. The van der Waals surface area contributed by atoms with Gasteiger partial charge in [-0.15, -0.1) is 0 Å². The fourth-order valence-corrected chi connectivity index (χ4v) is 8.69. The van der Waals surface area contributed by atoms with Crippen LogP contribution in [0.1, 0.15) is 35.6 Å². The van der Waals surface area contributed by atoms with Gasteiger partial charge < -0.3 is 9.64 Å². The Morgan fingerprint density at radius 1 is 0.974 bits per heavy atom. The van der Waals surface area contributed by atoms with E-state index in [9.17, 15) is 19.2 Å². The van der Waals surface area contributed by atoms with Gasteiger partial charge in [-0.1, -0.05) is 51.2 Å². The number of thioether (sulfide) groups is 1. The molecule has 3 aliphatic rings. The Balaban J connectivity index is 1.43. The number of benzene rings is 2. The zero-order valence-corrected chi connectivity index (χ0v) is 24.4. The Bertz CT molecular complexity index is 1490. The van der Waals surface area contributed by atoms with Crippen LogP contribution in [0.5, 0.6) is 5.75 Å². The van der Waals surface area contributed by atoms with E-state index in [4.69, 9.17) is 4.74 Å². The number of ether oxygens (including phenoxy) is 1. The maximum absolute atomic E-state index is 13.9. The van der Waals surface area contributed by atoms with E-state index in [0.717, 1.165) is 45.5 Å². The van der Waals surface area contributed by atoms with Crippen molar-refractivity contribution in [2.75, 3.05) is 25.1 Å². The summed E-state index contributed by atoms with van der Waals surface area (Å²) in [6, 6.07) is 14.5. The van der Waals surface area contributed by atoms with E-state index in [2.05, 4.69) is 15.9 Å². The van der Waals surface area contributed by atoms with Crippen LogP contribution in [-0.2, 0) is 20.9 Å². The van der Waals surface area contributed by atoms with Gasteiger partial charge in [0.05, 0.1) is 23.7 Å². The number of likely N-dealkylation sites (tertiary alicyclic amines) is 1. The lowest BCUT2D eigenvalue weighted by Crippen LogP contribution is -2.39. The van der Waals surface area contributed by atoms with Crippen LogP contribution in [0.25, 0.3) is 0 Å². The second-order valence-corrected chi connectivity index (χ2v) is 12.9. The zero-order chi connectivity index (χ0) is 27.3. The number of aromatic nitrogens is 1. The van der Waals surface area contributed by atoms with E-state index in [-0.39, 0.29) is 29.1 Å². The van der Waals surface area contributed by atoms with Crippen LogP contribution < -0.4 is 14.5 Å². The molecule has 0 saturated carbocycles. The first kappa shape index (κ1) is 26.3. The Hall–Kier alpha value is -2.89.